The summed E-state index contributed by atoms with van der Waals surface area (Å²) in [6.07, 6.45) is 1.18. The first-order valence-electron chi connectivity index (χ1n) is 8.68. The summed E-state index contributed by atoms with van der Waals surface area (Å²) in [6.45, 7) is 0. The third kappa shape index (κ3) is 5.19. The molecular formula is C20H13ClN4O6S. The predicted octanol–water partition coefficient (Wildman–Crippen LogP) is 3.70. The fourth-order valence-corrected chi connectivity index (χ4v) is 3.28. The van der Waals surface area contributed by atoms with Gasteiger partial charge in [0.1, 0.15) is 23.2 Å². The topological polar surface area (TPSA) is 169 Å². The van der Waals surface area contributed by atoms with Gasteiger partial charge in [-0.2, -0.15) is 5.26 Å². The number of hydrogen-bond acceptors (Lipinski definition) is 7. The maximum atomic E-state index is 12.4. The van der Waals surface area contributed by atoms with Crippen LogP contribution in [0.5, 0.6) is 0 Å². The molecule has 0 unspecified atom stereocenters. The highest BCUT2D eigenvalue weighted by Gasteiger charge is 2.16. The molecule has 0 fully saturated rings. The Morgan fingerprint density at radius 2 is 1.88 bits per heavy atom. The van der Waals surface area contributed by atoms with Crippen LogP contribution >= 0.6 is 11.6 Å². The molecule has 3 N–H and O–H groups in total. The van der Waals surface area contributed by atoms with Crippen LogP contribution in [-0.4, -0.2) is 19.2 Å². The van der Waals surface area contributed by atoms with Gasteiger partial charge in [-0.15, -0.1) is 0 Å². The fourth-order valence-electron chi connectivity index (χ4n) is 2.60. The van der Waals surface area contributed by atoms with E-state index in [0.29, 0.717) is 11.3 Å². The van der Waals surface area contributed by atoms with Crippen LogP contribution in [0.25, 0.3) is 17.4 Å². The maximum absolute atomic E-state index is 12.4. The highest BCUT2D eigenvalue weighted by molar-refractivity contribution is 7.89. The molecule has 3 rings (SSSR count). The number of rotatable bonds is 6. The Labute approximate surface area is 186 Å². The Balaban J connectivity index is 1.82. The van der Waals surface area contributed by atoms with Crippen molar-refractivity contribution in [3.05, 3.63) is 81.1 Å². The molecule has 1 aromatic heterocycles. The second kappa shape index (κ2) is 9.03. The van der Waals surface area contributed by atoms with E-state index >= 15 is 0 Å². The summed E-state index contributed by atoms with van der Waals surface area (Å²) in [4.78, 5) is 22.6. The van der Waals surface area contributed by atoms with Gasteiger partial charge in [-0.3, -0.25) is 14.9 Å². The van der Waals surface area contributed by atoms with Gasteiger partial charge in [0.15, 0.2) is 0 Å². The van der Waals surface area contributed by atoms with Gasteiger partial charge in [-0.05, 0) is 42.5 Å². The second-order valence-electron chi connectivity index (χ2n) is 6.32. The molecule has 0 saturated carbocycles. The standard InChI is InChI=1S/C20H13ClN4O6S/c21-17-7-3-14(25(27)28)10-18(17)24-20(26)13(11-22)9-15-4-8-19(31-15)12-1-5-16(6-2-12)32(23,29)30/h1-10H,(H,24,26)(H2,23,29,30)/b13-9+. The van der Waals surface area contributed by atoms with Crippen molar-refractivity contribution in [3.63, 3.8) is 0 Å². The van der Waals surface area contributed by atoms with E-state index in [-0.39, 0.29) is 32.6 Å². The lowest BCUT2D eigenvalue weighted by Gasteiger charge is -2.06. The highest BCUT2D eigenvalue weighted by atomic mass is 35.5. The van der Waals surface area contributed by atoms with Crippen molar-refractivity contribution in [2.24, 2.45) is 5.14 Å². The number of nitriles is 1. The van der Waals surface area contributed by atoms with Gasteiger partial charge in [0.05, 0.1) is 20.5 Å². The predicted molar refractivity (Wildman–Crippen MR) is 116 cm³/mol. The Kier molecular flexibility index (Phi) is 6.40. The van der Waals surface area contributed by atoms with Gasteiger partial charge in [0, 0.05) is 23.8 Å². The van der Waals surface area contributed by atoms with Gasteiger partial charge >= 0.3 is 0 Å². The zero-order valence-corrected chi connectivity index (χ0v) is 17.6. The van der Waals surface area contributed by atoms with Crippen LogP contribution in [0.1, 0.15) is 5.76 Å². The molecule has 0 radical (unpaired) electrons. The number of nitrogens with two attached hydrogens (primary N) is 1. The van der Waals surface area contributed by atoms with Crippen LogP contribution in [0.4, 0.5) is 11.4 Å². The van der Waals surface area contributed by atoms with Crippen LogP contribution in [-0.2, 0) is 14.8 Å². The van der Waals surface area contributed by atoms with E-state index in [1.807, 2.05) is 0 Å². The third-order valence-electron chi connectivity index (χ3n) is 4.15. The van der Waals surface area contributed by atoms with Crippen molar-refractivity contribution in [1.29, 1.82) is 5.26 Å². The molecule has 2 aromatic carbocycles. The number of hydrogen-bond donors (Lipinski definition) is 2. The molecule has 10 nitrogen and oxygen atoms in total. The number of non-ortho nitro benzene ring substituents is 1. The molecule has 0 aliphatic heterocycles. The van der Waals surface area contributed by atoms with Crippen molar-refractivity contribution in [1.82, 2.24) is 0 Å². The molecule has 0 bridgehead atoms. The van der Waals surface area contributed by atoms with Crippen molar-refractivity contribution >= 4 is 45.0 Å². The minimum Gasteiger partial charge on any atom is -0.457 e. The number of nitro groups is 1. The second-order valence-corrected chi connectivity index (χ2v) is 8.29. The third-order valence-corrected chi connectivity index (χ3v) is 5.41. The number of amides is 1. The smallest absolute Gasteiger partial charge is 0.271 e. The average Bonchev–Trinajstić information content (AvgIpc) is 3.21. The van der Waals surface area contributed by atoms with Crippen LogP contribution in [0.3, 0.4) is 0 Å². The zero-order chi connectivity index (χ0) is 23.5. The van der Waals surface area contributed by atoms with E-state index < -0.39 is 20.9 Å². The monoisotopic (exact) mass is 472 g/mol. The van der Waals surface area contributed by atoms with Crippen molar-refractivity contribution in [3.8, 4) is 17.4 Å². The maximum Gasteiger partial charge on any atom is 0.271 e. The molecule has 1 heterocycles. The van der Waals surface area contributed by atoms with E-state index in [0.717, 1.165) is 6.07 Å². The largest absolute Gasteiger partial charge is 0.457 e. The molecule has 0 spiro atoms. The van der Waals surface area contributed by atoms with E-state index in [4.69, 9.17) is 21.2 Å². The summed E-state index contributed by atoms with van der Waals surface area (Å²) in [5.74, 6) is -0.311. The molecule has 1 amide bonds. The first kappa shape index (κ1) is 22.7. The van der Waals surface area contributed by atoms with E-state index in [2.05, 4.69) is 5.32 Å². The van der Waals surface area contributed by atoms with E-state index in [1.165, 1.54) is 48.5 Å². The summed E-state index contributed by atoms with van der Waals surface area (Å²) < 4.78 is 28.3. The number of benzene rings is 2. The number of carbonyl (C=O) groups is 1. The summed E-state index contributed by atoms with van der Waals surface area (Å²) >= 11 is 5.96. The van der Waals surface area contributed by atoms with Gasteiger partial charge in [0.2, 0.25) is 10.0 Å². The van der Waals surface area contributed by atoms with Crippen LogP contribution in [0, 0.1) is 21.4 Å². The molecule has 162 valence electrons. The summed E-state index contributed by atoms with van der Waals surface area (Å²) in [5, 5.41) is 27.7. The summed E-state index contributed by atoms with van der Waals surface area (Å²) in [7, 11) is -3.83. The Bertz CT molecular complexity index is 1390. The summed E-state index contributed by atoms with van der Waals surface area (Å²) in [5.41, 5.74) is -0.0974. The highest BCUT2D eigenvalue weighted by Crippen LogP contribution is 2.28. The van der Waals surface area contributed by atoms with Crippen LogP contribution < -0.4 is 10.5 Å². The molecule has 12 heteroatoms. The molecular weight excluding hydrogens is 460 g/mol. The first-order valence-corrected chi connectivity index (χ1v) is 10.6. The first-order chi connectivity index (χ1) is 15.1. The van der Waals surface area contributed by atoms with E-state index in [1.54, 1.807) is 12.1 Å². The van der Waals surface area contributed by atoms with Crippen molar-refractivity contribution < 1.29 is 22.6 Å². The number of nitrogens with one attached hydrogen (secondary N) is 1. The zero-order valence-electron chi connectivity index (χ0n) is 16.0. The van der Waals surface area contributed by atoms with Crippen LogP contribution in [0.2, 0.25) is 5.02 Å². The molecule has 0 aliphatic carbocycles. The number of nitrogens with zero attached hydrogens (tertiary/aromatic N) is 2. The van der Waals surface area contributed by atoms with E-state index in [9.17, 15) is 28.6 Å². The number of halogens is 1. The Morgan fingerprint density at radius 1 is 1.19 bits per heavy atom. The fraction of sp³-hybridized carbons (Fsp3) is 0. The number of furan rings is 1. The van der Waals surface area contributed by atoms with Gasteiger partial charge in [-0.1, -0.05) is 11.6 Å². The number of anilines is 1. The molecule has 3 aromatic rings. The lowest BCUT2D eigenvalue weighted by atomic mass is 10.2. The van der Waals surface area contributed by atoms with Crippen LogP contribution in [0.15, 0.2) is 69.5 Å². The van der Waals surface area contributed by atoms with Gasteiger partial charge in [0.25, 0.3) is 11.6 Å². The Hall–Kier alpha value is -3.98. The molecule has 0 atom stereocenters. The molecule has 32 heavy (non-hydrogen) atoms. The van der Waals surface area contributed by atoms with Crippen molar-refractivity contribution in [2.75, 3.05) is 5.32 Å². The number of carbonyl (C=O) groups excluding carboxylic acids is 1. The van der Waals surface area contributed by atoms with Crippen molar-refractivity contribution in [2.45, 2.75) is 4.90 Å². The number of primary sulfonamides is 1. The van der Waals surface area contributed by atoms with Gasteiger partial charge < -0.3 is 9.73 Å². The lowest BCUT2D eigenvalue weighted by Crippen LogP contribution is -2.13. The minimum atomic E-state index is -3.83. The molecule has 0 aliphatic rings. The number of nitro benzene ring substituents is 1. The number of sulfonamides is 1. The van der Waals surface area contributed by atoms with Gasteiger partial charge in [-0.25, -0.2) is 13.6 Å². The Morgan fingerprint density at radius 3 is 2.47 bits per heavy atom. The SMILES string of the molecule is N#C/C(=C\c1ccc(-c2ccc(S(N)(=O)=O)cc2)o1)C(=O)Nc1cc([N+](=O)[O-])ccc1Cl. The minimum absolute atomic E-state index is 0.0258. The molecule has 0 saturated heterocycles. The quantitative estimate of drug-likeness (QED) is 0.238. The lowest BCUT2D eigenvalue weighted by molar-refractivity contribution is -0.384. The average molecular weight is 473 g/mol. The summed E-state index contributed by atoms with van der Waals surface area (Å²) in [6, 6.07) is 13.9. The normalized spacial score (nSPS) is 11.6.